The summed E-state index contributed by atoms with van der Waals surface area (Å²) in [4.78, 5) is 4.02. The fourth-order valence-corrected chi connectivity index (χ4v) is 3.70. The van der Waals surface area contributed by atoms with Gasteiger partial charge >= 0.3 is 0 Å². The molecule has 1 aromatic carbocycles. The Bertz CT molecular complexity index is 786. The first kappa shape index (κ1) is 19.7. The maximum absolute atomic E-state index is 14.3. The fourth-order valence-electron chi connectivity index (χ4n) is 3.70. The zero-order chi connectivity index (χ0) is 19.1. The van der Waals surface area contributed by atoms with Gasteiger partial charge in [0, 0.05) is 11.6 Å². The molecule has 1 atom stereocenters. The molecule has 0 saturated heterocycles. The second kappa shape index (κ2) is 9.75. The lowest BCUT2D eigenvalue weighted by Gasteiger charge is -2.19. The molecule has 4 heteroatoms. The summed E-state index contributed by atoms with van der Waals surface area (Å²) in [5, 5.41) is 3.56. The van der Waals surface area contributed by atoms with Gasteiger partial charge in [-0.2, -0.15) is 0 Å². The van der Waals surface area contributed by atoms with Crippen molar-refractivity contribution in [3.8, 4) is 0 Å². The van der Waals surface area contributed by atoms with E-state index in [0.29, 0.717) is 0 Å². The van der Waals surface area contributed by atoms with E-state index in [2.05, 4.69) is 23.3 Å². The van der Waals surface area contributed by atoms with Crippen molar-refractivity contribution in [3.63, 3.8) is 0 Å². The van der Waals surface area contributed by atoms with E-state index in [1.54, 1.807) is 0 Å². The predicted octanol–water partition coefficient (Wildman–Crippen LogP) is 6.30. The topological polar surface area (TPSA) is 24.9 Å². The number of aromatic nitrogens is 1. The van der Waals surface area contributed by atoms with Crippen molar-refractivity contribution in [2.75, 3.05) is 6.54 Å². The maximum atomic E-state index is 14.3. The molecule has 0 fully saturated rings. The van der Waals surface area contributed by atoms with E-state index < -0.39 is 11.6 Å². The molecule has 0 amide bonds. The Morgan fingerprint density at radius 2 is 1.74 bits per heavy atom. The first-order valence-electron chi connectivity index (χ1n) is 10.1. The first-order chi connectivity index (χ1) is 13.2. The monoisotopic (exact) mass is 370 g/mol. The minimum atomic E-state index is -0.653. The normalized spacial score (nSPS) is 15.7. The molecule has 1 aliphatic carbocycles. The molecule has 1 N–H and O–H groups in total. The van der Waals surface area contributed by atoms with E-state index in [4.69, 9.17) is 0 Å². The second-order valence-corrected chi connectivity index (χ2v) is 7.22. The summed E-state index contributed by atoms with van der Waals surface area (Å²) < 4.78 is 27.6. The number of unbranched alkanes of at least 4 members (excludes halogenated alkanes) is 6. The van der Waals surface area contributed by atoms with Crippen LogP contribution in [0.1, 0.15) is 74.7 Å². The highest BCUT2D eigenvalue weighted by Crippen LogP contribution is 2.40. The van der Waals surface area contributed by atoms with Gasteiger partial charge in [-0.3, -0.25) is 4.98 Å². The number of nitrogens with zero attached hydrogens (tertiary/aromatic N) is 1. The van der Waals surface area contributed by atoms with Crippen LogP contribution in [-0.2, 0) is 0 Å². The Kier molecular flexibility index (Phi) is 7.11. The molecule has 3 rings (SSSR count). The van der Waals surface area contributed by atoms with E-state index in [-0.39, 0.29) is 11.7 Å². The number of hydrogen-bond donors (Lipinski definition) is 1. The van der Waals surface area contributed by atoms with Crippen molar-refractivity contribution in [1.29, 1.82) is 0 Å². The summed E-state index contributed by atoms with van der Waals surface area (Å²) >= 11 is 0. The highest BCUT2D eigenvalue weighted by Gasteiger charge is 2.28. The number of benzene rings is 1. The van der Waals surface area contributed by atoms with Gasteiger partial charge in [-0.05, 0) is 30.2 Å². The molecular formula is C23H28F2N2. The van der Waals surface area contributed by atoms with E-state index in [1.165, 1.54) is 38.5 Å². The summed E-state index contributed by atoms with van der Waals surface area (Å²) in [6.07, 6.45) is 11.8. The van der Waals surface area contributed by atoms with Gasteiger partial charge in [0.05, 0.1) is 12.2 Å². The van der Waals surface area contributed by atoms with Gasteiger partial charge in [-0.15, -0.1) is 0 Å². The van der Waals surface area contributed by atoms with Gasteiger partial charge in [0.2, 0.25) is 0 Å². The molecule has 2 aromatic rings. The van der Waals surface area contributed by atoms with Gasteiger partial charge in [0.25, 0.3) is 0 Å². The van der Waals surface area contributed by atoms with Gasteiger partial charge in [0.15, 0.2) is 5.82 Å². The number of rotatable bonds is 10. The van der Waals surface area contributed by atoms with E-state index in [0.717, 1.165) is 41.9 Å². The lowest BCUT2D eigenvalue weighted by atomic mass is 10.0. The molecule has 0 aliphatic heterocycles. The molecule has 0 radical (unpaired) electrons. The molecule has 0 spiro atoms. The molecule has 0 saturated carbocycles. The average molecular weight is 370 g/mol. The lowest BCUT2D eigenvalue weighted by Crippen LogP contribution is -2.23. The second-order valence-electron chi connectivity index (χ2n) is 7.22. The molecule has 144 valence electrons. The number of nitrogens with one attached hydrogen (secondary N) is 1. The van der Waals surface area contributed by atoms with Crippen LogP contribution in [0.5, 0.6) is 0 Å². The Balaban J connectivity index is 1.63. The maximum Gasteiger partial charge on any atom is 0.152 e. The SMILES string of the molecule is CCCCCCCCCNC1C(c2ncc(F)cc2F)=Cc2ccccc21. The number of hydrogen-bond acceptors (Lipinski definition) is 2. The third kappa shape index (κ3) is 5.01. The van der Waals surface area contributed by atoms with Crippen LogP contribution in [0.15, 0.2) is 36.5 Å². The Morgan fingerprint density at radius 3 is 2.52 bits per heavy atom. The van der Waals surface area contributed by atoms with Crippen LogP contribution in [-0.4, -0.2) is 11.5 Å². The molecule has 1 heterocycles. The van der Waals surface area contributed by atoms with Gasteiger partial charge < -0.3 is 5.32 Å². The summed E-state index contributed by atoms with van der Waals surface area (Å²) in [6.45, 7) is 3.10. The van der Waals surface area contributed by atoms with Crippen molar-refractivity contribution in [2.24, 2.45) is 0 Å². The van der Waals surface area contributed by atoms with Crippen molar-refractivity contribution < 1.29 is 8.78 Å². The van der Waals surface area contributed by atoms with Crippen LogP contribution in [0.3, 0.4) is 0 Å². The Morgan fingerprint density at radius 1 is 1.00 bits per heavy atom. The lowest BCUT2D eigenvalue weighted by molar-refractivity contribution is 0.544. The zero-order valence-electron chi connectivity index (χ0n) is 16.0. The largest absolute Gasteiger partial charge is 0.306 e. The highest BCUT2D eigenvalue weighted by atomic mass is 19.1. The zero-order valence-corrected chi connectivity index (χ0v) is 16.0. The Hall–Kier alpha value is -2.07. The molecule has 1 aliphatic rings. The van der Waals surface area contributed by atoms with Gasteiger partial charge in [-0.1, -0.05) is 69.7 Å². The predicted molar refractivity (Wildman–Crippen MR) is 107 cm³/mol. The third-order valence-corrected chi connectivity index (χ3v) is 5.14. The fraction of sp³-hybridized carbons (Fsp3) is 0.435. The molecule has 2 nitrogen and oxygen atoms in total. The minimum absolute atomic E-state index is 0.103. The van der Waals surface area contributed by atoms with E-state index >= 15 is 0 Å². The average Bonchev–Trinajstić information content (AvgIpc) is 3.02. The highest BCUT2D eigenvalue weighted by molar-refractivity contribution is 5.90. The summed E-state index contributed by atoms with van der Waals surface area (Å²) in [6, 6.07) is 8.84. The number of pyridine rings is 1. The standard InChI is InChI=1S/C23H28F2N2/c1-2-3-4-5-6-7-10-13-26-22-19-12-9-8-11-17(19)14-20(22)23-21(25)15-18(24)16-27-23/h8-9,11-12,14-16,22,26H,2-7,10,13H2,1H3. The summed E-state index contributed by atoms with van der Waals surface area (Å²) in [7, 11) is 0. The Labute approximate surface area is 160 Å². The van der Waals surface area contributed by atoms with Crippen molar-refractivity contribution in [1.82, 2.24) is 10.3 Å². The quantitative estimate of drug-likeness (QED) is 0.497. The van der Waals surface area contributed by atoms with Crippen LogP contribution < -0.4 is 5.32 Å². The third-order valence-electron chi connectivity index (χ3n) is 5.14. The number of fused-ring (bicyclic) bond motifs is 1. The molecule has 1 aromatic heterocycles. The van der Waals surface area contributed by atoms with Crippen molar-refractivity contribution in [3.05, 3.63) is 65.0 Å². The minimum Gasteiger partial charge on any atom is -0.306 e. The van der Waals surface area contributed by atoms with Gasteiger partial charge in [-0.25, -0.2) is 8.78 Å². The van der Waals surface area contributed by atoms with Crippen LogP contribution >= 0.6 is 0 Å². The van der Waals surface area contributed by atoms with Crippen molar-refractivity contribution in [2.45, 2.75) is 57.9 Å². The van der Waals surface area contributed by atoms with Crippen LogP contribution in [0.25, 0.3) is 11.6 Å². The van der Waals surface area contributed by atoms with Crippen molar-refractivity contribution >= 4 is 11.6 Å². The summed E-state index contributed by atoms with van der Waals surface area (Å²) in [5.74, 6) is -1.27. The first-order valence-corrected chi connectivity index (χ1v) is 10.1. The molecule has 27 heavy (non-hydrogen) atoms. The smallest absolute Gasteiger partial charge is 0.152 e. The summed E-state index contributed by atoms with van der Waals surface area (Å²) in [5.41, 5.74) is 3.19. The number of halogens is 2. The molecule has 1 unspecified atom stereocenters. The van der Waals surface area contributed by atoms with E-state index in [9.17, 15) is 8.78 Å². The van der Waals surface area contributed by atoms with Crippen LogP contribution in [0.2, 0.25) is 0 Å². The van der Waals surface area contributed by atoms with Crippen LogP contribution in [0.4, 0.5) is 8.78 Å². The van der Waals surface area contributed by atoms with Gasteiger partial charge in [0.1, 0.15) is 11.5 Å². The molecule has 0 bridgehead atoms. The molecular weight excluding hydrogens is 342 g/mol. The van der Waals surface area contributed by atoms with E-state index in [1.807, 2.05) is 24.3 Å². The van der Waals surface area contributed by atoms with Crippen LogP contribution in [0, 0.1) is 11.6 Å².